The van der Waals surface area contributed by atoms with Gasteiger partial charge in [-0.3, -0.25) is 4.79 Å². The molecular weight excluding hydrogens is 224 g/mol. The Morgan fingerprint density at radius 1 is 1.35 bits per heavy atom. The van der Waals surface area contributed by atoms with E-state index in [9.17, 15) is 13.6 Å². The summed E-state index contributed by atoms with van der Waals surface area (Å²) in [7, 11) is 0. The standard InChI is InChI=1S/C13H15F2NO/c1-13(6-2-3-7-16-13)12(17)10-8-9(14)4-5-11(10)15/h4-5,8,16H,2-3,6-7H2,1H3. The average Bonchev–Trinajstić information content (AvgIpc) is 2.32. The van der Waals surface area contributed by atoms with Crippen LogP contribution in [0, 0.1) is 11.6 Å². The monoisotopic (exact) mass is 239 g/mol. The van der Waals surface area contributed by atoms with Crippen LogP contribution in [-0.4, -0.2) is 17.9 Å². The summed E-state index contributed by atoms with van der Waals surface area (Å²) in [5, 5.41) is 3.10. The van der Waals surface area contributed by atoms with Crippen LogP contribution in [0.15, 0.2) is 18.2 Å². The molecule has 0 bridgehead atoms. The molecule has 0 radical (unpaired) electrons. The lowest BCUT2D eigenvalue weighted by molar-refractivity contribution is 0.0830. The number of halogens is 2. The molecule has 0 amide bonds. The van der Waals surface area contributed by atoms with Crippen LogP contribution in [0.4, 0.5) is 8.78 Å². The number of nitrogens with one attached hydrogen (secondary N) is 1. The number of ketones is 1. The molecule has 1 heterocycles. The number of carbonyl (C=O) groups is 1. The van der Waals surface area contributed by atoms with E-state index in [1.807, 2.05) is 0 Å². The van der Waals surface area contributed by atoms with Gasteiger partial charge in [0.05, 0.1) is 11.1 Å². The fraction of sp³-hybridized carbons (Fsp3) is 0.462. The molecule has 17 heavy (non-hydrogen) atoms. The van der Waals surface area contributed by atoms with Crippen molar-refractivity contribution in [3.05, 3.63) is 35.4 Å². The highest BCUT2D eigenvalue weighted by Crippen LogP contribution is 2.25. The molecule has 1 saturated heterocycles. The van der Waals surface area contributed by atoms with Crippen LogP contribution in [0.5, 0.6) is 0 Å². The van der Waals surface area contributed by atoms with Gasteiger partial charge in [-0.25, -0.2) is 8.78 Å². The Morgan fingerprint density at radius 2 is 2.12 bits per heavy atom. The van der Waals surface area contributed by atoms with Gasteiger partial charge in [-0.15, -0.1) is 0 Å². The lowest BCUT2D eigenvalue weighted by Gasteiger charge is -2.33. The maximum absolute atomic E-state index is 13.5. The Bertz CT molecular complexity index is 439. The van der Waals surface area contributed by atoms with Gasteiger partial charge in [0.15, 0.2) is 5.78 Å². The van der Waals surface area contributed by atoms with Gasteiger partial charge in [0.2, 0.25) is 0 Å². The molecule has 0 aromatic heterocycles. The molecule has 1 N–H and O–H groups in total. The summed E-state index contributed by atoms with van der Waals surface area (Å²) in [4.78, 5) is 12.2. The molecule has 1 aromatic carbocycles. The van der Waals surface area contributed by atoms with Gasteiger partial charge >= 0.3 is 0 Å². The van der Waals surface area contributed by atoms with Crippen LogP contribution in [0.2, 0.25) is 0 Å². The smallest absolute Gasteiger partial charge is 0.185 e. The summed E-state index contributed by atoms with van der Waals surface area (Å²) in [5.41, 5.74) is -0.936. The first-order valence-corrected chi connectivity index (χ1v) is 5.78. The molecule has 1 aromatic rings. The number of piperidine rings is 1. The zero-order valence-corrected chi connectivity index (χ0v) is 9.72. The van der Waals surface area contributed by atoms with Gasteiger partial charge in [-0.1, -0.05) is 0 Å². The molecule has 1 unspecified atom stereocenters. The molecule has 2 rings (SSSR count). The number of benzene rings is 1. The number of carbonyl (C=O) groups excluding carboxylic acids is 1. The Balaban J connectivity index is 2.32. The molecule has 1 atom stereocenters. The average molecular weight is 239 g/mol. The molecule has 1 aliphatic heterocycles. The zero-order chi connectivity index (χ0) is 12.5. The van der Waals surface area contributed by atoms with E-state index >= 15 is 0 Å². The third-order valence-electron chi connectivity index (χ3n) is 3.29. The van der Waals surface area contributed by atoms with E-state index in [-0.39, 0.29) is 11.3 Å². The highest BCUT2D eigenvalue weighted by Gasteiger charge is 2.36. The third-order valence-corrected chi connectivity index (χ3v) is 3.29. The summed E-state index contributed by atoms with van der Waals surface area (Å²) in [5.74, 6) is -1.62. The van der Waals surface area contributed by atoms with Crippen molar-refractivity contribution in [3.63, 3.8) is 0 Å². The zero-order valence-electron chi connectivity index (χ0n) is 9.72. The van der Waals surface area contributed by atoms with Gasteiger partial charge in [-0.05, 0) is 50.9 Å². The van der Waals surface area contributed by atoms with Crippen LogP contribution in [0.3, 0.4) is 0 Å². The van der Waals surface area contributed by atoms with Crippen molar-refractivity contribution in [1.29, 1.82) is 0 Å². The summed E-state index contributed by atoms with van der Waals surface area (Å²) in [6, 6.07) is 2.98. The summed E-state index contributed by atoms with van der Waals surface area (Å²) < 4.78 is 26.6. The highest BCUT2D eigenvalue weighted by atomic mass is 19.1. The normalized spacial score (nSPS) is 24.6. The highest BCUT2D eigenvalue weighted by molar-refractivity contribution is 6.03. The molecule has 0 spiro atoms. The quantitative estimate of drug-likeness (QED) is 0.804. The molecule has 4 heteroatoms. The number of hydrogen-bond acceptors (Lipinski definition) is 2. The fourth-order valence-corrected chi connectivity index (χ4v) is 2.22. The van der Waals surface area contributed by atoms with Gasteiger partial charge in [0, 0.05) is 0 Å². The van der Waals surface area contributed by atoms with Crippen molar-refractivity contribution < 1.29 is 13.6 Å². The molecule has 0 saturated carbocycles. The molecule has 0 aliphatic carbocycles. The van der Waals surface area contributed by atoms with Crippen molar-refractivity contribution >= 4 is 5.78 Å². The molecule has 2 nitrogen and oxygen atoms in total. The Hall–Kier alpha value is -1.29. The van der Waals surface area contributed by atoms with E-state index in [1.54, 1.807) is 6.92 Å². The second kappa shape index (κ2) is 4.53. The van der Waals surface area contributed by atoms with Crippen LogP contribution in [0.25, 0.3) is 0 Å². The van der Waals surface area contributed by atoms with Gasteiger partial charge < -0.3 is 5.32 Å². The summed E-state index contributed by atoms with van der Waals surface area (Å²) >= 11 is 0. The van der Waals surface area contributed by atoms with E-state index in [4.69, 9.17) is 0 Å². The minimum absolute atomic E-state index is 0.165. The number of Topliss-reactive ketones (excluding diaryl/α,β-unsaturated/α-hetero) is 1. The van der Waals surface area contributed by atoms with Gasteiger partial charge in [0.25, 0.3) is 0 Å². The predicted molar refractivity (Wildman–Crippen MR) is 60.9 cm³/mol. The Morgan fingerprint density at radius 3 is 2.76 bits per heavy atom. The first kappa shape index (κ1) is 12.2. The summed E-state index contributed by atoms with van der Waals surface area (Å²) in [6.07, 6.45) is 2.59. The van der Waals surface area contributed by atoms with E-state index in [2.05, 4.69) is 5.32 Å². The second-order valence-corrected chi connectivity index (χ2v) is 4.67. The van der Waals surface area contributed by atoms with Crippen LogP contribution in [0.1, 0.15) is 36.5 Å². The fourth-order valence-electron chi connectivity index (χ4n) is 2.22. The van der Waals surface area contributed by atoms with Crippen molar-refractivity contribution in [3.8, 4) is 0 Å². The maximum atomic E-state index is 13.5. The number of hydrogen-bond donors (Lipinski definition) is 1. The minimum Gasteiger partial charge on any atom is -0.305 e. The van der Waals surface area contributed by atoms with Crippen LogP contribution < -0.4 is 5.32 Å². The molecule has 92 valence electrons. The summed E-state index contributed by atoms with van der Waals surface area (Å²) in [6.45, 7) is 2.48. The van der Waals surface area contributed by atoms with Crippen molar-refractivity contribution in [2.45, 2.75) is 31.7 Å². The lowest BCUT2D eigenvalue weighted by atomic mass is 9.83. The largest absolute Gasteiger partial charge is 0.305 e. The lowest BCUT2D eigenvalue weighted by Crippen LogP contribution is -2.52. The van der Waals surface area contributed by atoms with E-state index in [0.29, 0.717) is 6.42 Å². The van der Waals surface area contributed by atoms with E-state index < -0.39 is 17.2 Å². The van der Waals surface area contributed by atoms with Crippen molar-refractivity contribution in [1.82, 2.24) is 5.32 Å². The predicted octanol–water partition coefficient (Wildman–Crippen LogP) is 2.68. The molecule has 1 fully saturated rings. The minimum atomic E-state index is -0.771. The first-order valence-electron chi connectivity index (χ1n) is 5.78. The van der Waals surface area contributed by atoms with Crippen LogP contribution in [-0.2, 0) is 0 Å². The Kier molecular flexibility index (Phi) is 3.24. The van der Waals surface area contributed by atoms with Crippen molar-refractivity contribution in [2.75, 3.05) is 6.54 Å². The Labute approximate surface area is 99.0 Å². The number of rotatable bonds is 2. The van der Waals surface area contributed by atoms with Crippen LogP contribution >= 0.6 is 0 Å². The van der Waals surface area contributed by atoms with Crippen molar-refractivity contribution in [2.24, 2.45) is 0 Å². The molecular formula is C13H15F2NO. The maximum Gasteiger partial charge on any atom is 0.185 e. The third kappa shape index (κ3) is 2.36. The van der Waals surface area contributed by atoms with E-state index in [1.165, 1.54) is 0 Å². The second-order valence-electron chi connectivity index (χ2n) is 4.67. The first-order chi connectivity index (χ1) is 8.03. The van der Waals surface area contributed by atoms with E-state index in [0.717, 1.165) is 37.6 Å². The SMILES string of the molecule is CC1(C(=O)c2cc(F)ccc2F)CCCCN1. The van der Waals surface area contributed by atoms with Gasteiger partial charge in [-0.2, -0.15) is 0 Å². The molecule has 1 aliphatic rings. The van der Waals surface area contributed by atoms with Gasteiger partial charge in [0.1, 0.15) is 11.6 Å². The topological polar surface area (TPSA) is 29.1 Å².